The van der Waals surface area contributed by atoms with Crippen LogP contribution in [-0.4, -0.2) is 25.2 Å². The van der Waals surface area contributed by atoms with Gasteiger partial charge < -0.3 is 11.1 Å². The summed E-state index contributed by atoms with van der Waals surface area (Å²) in [5.74, 6) is 0.574. The van der Waals surface area contributed by atoms with Crippen LogP contribution in [0.5, 0.6) is 0 Å². The topological polar surface area (TPSA) is 98.7 Å². The average Bonchev–Trinajstić information content (AvgIpc) is 2.64. The van der Waals surface area contributed by atoms with Gasteiger partial charge in [0.25, 0.3) is 5.56 Å². The highest BCUT2D eigenvalue weighted by atomic mass is 32.1. The highest BCUT2D eigenvalue weighted by molar-refractivity contribution is 7.79. The molecule has 0 aliphatic rings. The molecule has 3 N–H and O–H groups in total. The van der Waals surface area contributed by atoms with E-state index in [1.54, 1.807) is 6.07 Å². The van der Waals surface area contributed by atoms with Crippen LogP contribution >= 0.6 is 12.2 Å². The maximum Gasteiger partial charge on any atom is 0.267 e. The second kappa shape index (κ2) is 7.40. The number of aromatic nitrogens is 4. The van der Waals surface area contributed by atoms with Gasteiger partial charge in [0.05, 0.1) is 11.5 Å². The fourth-order valence-electron chi connectivity index (χ4n) is 2.51. The number of benzene rings is 1. The molecule has 26 heavy (non-hydrogen) atoms. The Morgan fingerprint density at radius 2 is 1.85 bits per heavy atom. The van der Waals surface area contributed by atoms with Crippen molar-refractivity contribution in [2.24, 2.45) is 0 Å². The Kier molecular flexibility index (Phi) is 5.04. The molecule has 0 aliphatic heterocycles. The molecular formula is C18H18N6OS. The largest absolute Gasteiger partial charge is 0.381 e. The van der Waals surface area contributed by atoms with E-state index in [9.17, 15) is 4.79 Å². The highest BCUT2D eigenvalue weighted by Crippen LogP contribution is 2.30. The Hall–Kier alpha value is -3.13. The third-order valence-corrected chi connectivity index (χ3v) is 3.84. The van der Waals surface area contributed by atoms with Crippen molar-refractivity contribution in [1.29, 1.82) is 0 Å². The first-order valence-corrected chi connectivity index (χ1v) is 8.51. The second-order valence-electron chi connectivity index (χ2n) is 5.88. The number of rotatable bonds is 5. The van der Waals surface area contributed by atoms with Gasteiger partial charge in [-0.25, -0.2) is 14.6 Å². The molecule has 7 nitrogen and oxygen atoms in total. The highest BCUT2D eigenvalue weighted by Gasteiger charge is 2.17. The Labute approximate surface area is 155 Å². The molecule has 0 bridgehead atoms. The normalized spacial score (nSPS) is 10.7. The van der Waals surface area contributed by atoms with Crippen LogP contribution in [0.15, 0.2) is 47.3 Å². The van der Waals surface area contributed by atoms with Crippen LogP contribution in [0, 0.1) is 0 Å². The van der Waals surface area contributed by atoms with Crippen LogP contribution in [0.1, 0.15) is 19.9 Å². The molecule has 0 aliphatic carbocycles. The summed E-state index contributed by atoms with van der Waals surface area (Å²) in [6, 6.07) is 12.6. The Bertz CT molecular complexity index is 1000. The van der Waals surface area contributed by atoms with E-state index in [4.69, 9.17) is 18.0 Å². The van der Waals surface area contributed by atoms with Crippen LogP contribution in [0.2, 0.25) is 0 Å². The van der Waals surface area contributed by atoms with Crippen molar-refractivity contribution in [2.75, 3.05) is 11.1 Å². The molecule has 2 heterocycles. The maximum absolute atomic E-state index is 12.0. The van der Waals surface area contributed by atoms with E-state index in [0.717, 1.165) is 5.56 Å². The minimum Gasteiger partial charge on any atom is -0.381 e. The van der Waals surface area contributed by atoms with E-state index < -0.39 is 0 Å². The van der Waals surface area contributed by atoms with Crippen molar-refractivity contribution in [3.63, 3.8) is 0 Å². The molecule has 0 fully saturated rings. The molecule has 8 heteroatoms. The summed E-state index contributed by atoms with van der Waals surface area (Å²) in [6.07, 6.45) is 0. The minimum absolute atomic E-state index is 0.0806. The first-order chi connectivity index (χ1) is 12.5. The number of anilines is 2. The number of thiocarbonyl (C=S) groups is 1. The van der Waals surface area contributed by atoms with Gasteiger partial charge in [0, 0.05) is 11.6 Å². The summed E-state index contributed by atoms with van der Waals surface area (Å²) in [5, 5.41) is 7.26. The lowest BCUT2D eigenvalue weighted by Gasteiger charge is -2.14. The minimum atomic E-state index is -0.175. The predicted molar refractivity (Wildman–Crippen MR) is 107 cm³/mol. The van der Waals surface area contributed by atoms with Gasteiger partial charge in [0.1, 0.15) is 17.1 Å². The van der Waals surface area contributed by atoms with Crippen LogP contribution in [0.25, 0.3) is 22.6 Å². The van der Waals surface area contributed by atoms with Gasteiger partial charge in [-0.1, -0.05) is 42.5 Å². The molecule has 0 spiro atoms. The zero-order valence-corrected chi connectivity index (χ0v) is 15.2. The number of nitrogens with two attached hydrogens (primary N) is 1. The van der Waals surface area contributed by atoms with Crippen LogP contribution in [0.4, 0.5) is 11.6 Å². The van der Waals surface area contributed by atoms with Crippen molar-refractivity contribution >= 4 is 29.3 Å². The summed E-state index contributed by atoms with van der Waals surface area (Å²) in [4.78, 5) is 21.1. The van der Waals surface area contributed by atoms with E-state index in [1.165, 1.54) is 16.2 Å². The zero-order valence-electron chi connectivity index (χ0n) is 14.4. The average molecular weight is 366 g/mol. The number of nitrogen functional groups attached to an aromatic ring is 1. The van der Waals surface area contributed by atoms with Gasteiger partial charge in [0.15, 0.2) is 11.6 Å². The third kappa shape index (κ3) is 3.45. The molecule has 0 atom stereocenters. The molecule has 0 amide bonds. The molecule has 2 aromatic heterocycles. The second-order valence-corrected chi connectivity index (χ2v) is 6.11. The summed E-state index contributed by atoms with van der Waals surface area (Å²) in [7, 11) is 0. The fourth-order valence-corrected chi connectivity index (χ4v) is 2.62. The number of hydrogen-bond donors (Lipinski definition) is 2. The lowest BCUT2D eigenvalue weighted by atomic mass is 10.1. The van der Waals surface area contributed by atoms with Crippen molar-refractivity contribution < 1.29 is 0 Å². The van der Waals surface area contributed by atoms with E-state index in [0.29, 0.717) is 22.9 Å². The van der Waals surface area contributed by atoms with Gasteiger partial charge >= 0.3 is 0 Å². The monoisotopic (exact) mass is 366 g/mol. The number of nitrogens with one attached hydrogen (secondary N) is 1. The van der Waals surface area contributed by atoms with Crippen LogP contribution < -0.4 is 16.6 Å². The number of hydrogen-bond acceptors (Lipinski definition) is 6. The molecule has 1 aromatic carbocycles. The first kappa shape index (κ1) is 17.7. The van der Waals surface area contributed by atoms with Gasteiger partial charge in [-0.2, -0.15) is 5.10 Å². The quantitative estimate of drug-likeness (QED) is 0.670. The summed E-state index contributed by atoms with van der Waals surface area (Å²) in [6.45, 7) is 3.79. The molecule has 0 saturated carbocycles. The van der Waals surface area contributed by atoms with Crippen molar-refractivity contribution in [1.82, 2.24) is 19.7 Å². The number of nitrogens with zero attached hydrogens (tertiary/aromatic N) is 4. The van der Waals surface area contributed by atoms with Gasteiger partial charge in [-0.3, -0.25) is 4.79 Å². The molecule has 0 radical (unpaired) electrons. The molecule has 3 rings (SSSR count). The third-order valence-electron chi connectivity index (χ3n) is 3.72. The smallest absolute Gasteiger partial charge is 0.267 e. The first-order valence-electron chi connectivity index (χ1n) is 8.04. The lowest BCUT2D eigenvalue weighted by molar-refractivity contribution is 0.504. The van der Waals surface area contributed by atoms with E-state index in [2.05, 4.69) is 20.4 Å². The SMILES string of the molecule is CC(C)n1nc(-c2nc(NC=S)c(N)nc2-c2ccccc2)ccc1=O. The van der Waals surface area contributed by atoms with Crippen molar-refractivity contribution in [2.45, 2.75) is 19.9 Å². The van der Waals surface area contributed by atoms with E-state index >= 15 is 0 Å². The van der Waals surface area contributed by atoms with Gasteiger partial charge in [-0.15, -0.1) is 0 Å². The lowest BCUT2D eigenvalue weighted by Crippen LogP contribution is -2.24. The predicted octanol–water partition coefficient (Wildman–Crippen LogP) is 2.90. The standard InChI is InChI=1S/C18H18N6OS/c1-11(2)24-14(25)9-8-13(23-24)16-15(12-6-4-3-5-7-12)21-17(19)18(22-16)20-10-26/h3-11H,1-2H3,(H2,19,21)(H,20,22,26). The van der Waals surface area contributed by atoms with E-state index in [-0.39, 0.29) is 17.4 Å². The Morgan fingerprint density at radius 1 is 1.12 bits per heavy atom. The van der Waals surface area contributed by atoms with Crippen molar-refractivity contribution in [3.05, 3.63) is 52.8 Å². The fraction of sp³-hybridized carbons (Fsp3) is 0.167. The molecule has 0 saturated heterocycles. The molecular weight excluding hydrogens is 348 g/mol. The van der Waals surface area contributed by atoms with E-state index in [1.807, 2.05) is 44.2 Å². The Balaban J connectivity index is 2.28. The molecule has 132 valence electrons. The van der Waals surface area contributed by atoms with Gasteiger partial charge in [-0.05, 0) is 19.9 Å². The Morgan fingerprint density at radius 3 is 2.50 bits per heavy atom. The van der Waals surface area contributed by atoms with Crippen LogP contribution in [0.3, 0.4) is 0 Å². The summed E-state index contributed by atoms with van der Waals surface area (Å²) >= 11 is 4.83. The zero-order chi connectivity index (χ0) is 18.7. The van der Waals surface area contributed by atoms with Crippen molar-refractivity contribution in [3.8, 4) is 22.6 Å². The summed E-state index contributed by atoms with van der Waals surface area (Å²) in [5.41, 5.74) is 9.62. The van der Waals surface area contributed by atoms with Gasteiger partial charge in [0.2, 0.25) is 0 Å². The summed E-state index contributed by atoms with van der Waals surface area (Å²) < 4.78 is 1.41. The molecule has 3 aromatic rings. The van der Waals surface area contributed by atoms with Crippen LogP contribution in [-0.2, 0) is 0 Å². The maximum atomic E-state index is 12.0. The molecule has 0 unspecified atom stereocenters.